The average molecular weight is 513 g/mol. The number of fused-ring (bicyclic) bond motifs is 1. The normalized spacial score (nSPS) is 18.6. The van der Waals surface area contributed by atoms with Crippen molar-refractivity contribution in [1.82, 2.24) is 9.88 Å². The first-order chi connectivity index (χ1) is 17.0. The molecule has 1 saturated heterocycles. The smallest absolute Gasteiger partial charge is 0.303 e. The van der Waals surface area contributed by atoms with Gasteiger partial charge in [-0.15, -0.1) is 11.8 Å². The Kier molecular flexibility index (Phi) is 9.30. The van der Waals surface area contributed by atoms with Crippen molar-refractivity contribution in [3.05, 3.63) is 65.3 Å². The molecule has 0 amide bonds. The first kappa shape index (κ1) is 25.8. The Morgan fingerprint density at radius 2 is 2.11 bits per heavy atom. The summed E-state index contributed by atoms with van der Waals surface area (Å²) >= 11 is 7.89. The van der Waals surface area contributed by atoms with Crippen LogP contribution in [0, 0.1) is 11.8 Å². The van der Waals surface area contributed by atoms with E-state index in [1.54, 1.807) is 18.9 Å². The van der Waals surface area contributed by atoms with Crippen molar-refractivity contribution in [3.8, 4) is 5.75 Å². The maximum atomic E-state index is 11.6. The third-order valence-corrected chi connectivity index (χ3v) is 8.15. The lowest BCUT2D eigenvalue weighted by Gasteiger charge is -2.38. The maximum absolute atomic E-state index is 11.6. The van der Waals surface area contributed by atoms with Crippen LogP contribution in [0.2, 0.25) is 5.02 Å². The molecule has 1 aliphatic heterocycles. The van der Waals surface area contributed by atoms with Gasteiger partial charge in [-0.05, 0) is 92.1 Å². The summed E-state index contributed by atoms with van der Waals surface area (Å²) < 4.78 is 5.40. The van der Waals surface area contributed by atoms with Crippen molar-refractivity contribution >= 4 is 40.2 Å². The van der Waals surface area contributed by atoms with Crippen LogP contribution in [0.25, 0.3) is 10.9 Å². The Hall–Kier alpha value is -2.28. The lowest BCUT2D eigenvalue weighted by molar-refractivity contribution is -0.139. The number of likely N-dealkylation sites (tertiary alicyclic amines) is 1. The number of aliphatic carboxylic acids is 1. The van der Waals surface area contributed by atoms with Crippen LogP contribution in [0.15, 0.2) is 59.6 Å². The molecule has 2 atom stereocenters. The summed E-state index contributed by atoms with van der Waals surface area (Å²) in [5.41, 5.74) is 2.26. The summed E-state index contributed by atoms with van der Waals surface area (Å²) in [7, 11) is 1.68. The van der Waals surface area contributed by atoms with Gasteiger partial charge in [0.1, 0.15) is 5.75 Å². The molecule has 2 aromatic carbocycles. The van der Waals surface area contributed by atoms with Crippen LogP contribution >= 0.6 is 23.4 Å². The molecule has 186 valence electrons. The SMILES string of the molecule is COc1ccc2nccc(CCC[C@@H]3CCN(CCSc4cccc(Cl)c4)C[C@@H]3CC(=O)O)c2c1. The minimum atomic E-state index is -0.692. The van der Waals surface area contributed by atoms with Crippen molar-refractivity contribution in [2.75, 3.05) is 32.5 Å². The molecule has 5 nitrogen and oxygen atoms in total. The van der Waals surface area contributed by atoms with Gasteiger partial charge in [-0.25, -0.2) is 0 Å². The number of aryl methyl sites for hydroxylation is 1. The van der Waals surface area contributed by atoms with E-state index in [2.05, 4.69) is 28.1 Å². The molecular formula is C28H33ClN2O3S. The number of nitrogens with zero attached hydrogens (tertiary/aromatic N) is 2. The van der Waals surface area contributed by atoms with Crippen molar-refractivity contribution in [1.29, 1.82) is 0 Å². The number of benzene rings is 2. The summed E-state index contributed by atoms with van der Waals surface area (Å²) in [6.45, 7) is 2.86. The van der Waals surface area contributed by atoms with Crippen LogP contribution in [0.4, 0.5) is 0 Å². The zero-order chi connectivity index (χ0) is 24.6. The summed E-state index contributed by atoms with van der Waals surface area (Å²) in [5, 5.41) is 11.4. The number of methoxy groups -OCH3 is 1. The molecule has 2 heterocycles. The fourth-order valence-corrected chi connectivity index (χ4v) is 6.35. The molecule has 4 rings (SSSR count). The van der Waals surface area contributed by atoms with E-state index < -0.39 is 5.97 Å². The first-order valence-corrected chi connectivity index (χ1v) is 13.6. The third-order valence-electron chi connectivity index (χ3n) is 6.94. The number of piperidine rings is 1. The maximum Gasteiger partial charge on any atom is 0.303 e. The number of hydrogen-bond acceptors (Lipinski definition) is 5. The molecule has 1 fully saturated rings. The van der Waals surface area contributed by atoms with E-state index in [-0.39, 0.29) is 12.3 Å². The van der Waals surface area contributed by atoms with Gasteiger partial charge in [-0.2, -0.15) is 0 Å². The van der Waals surface area contributed by atoms with Crippen molar-refractivity contribution < 1.29 is 14.6 Å². The van der Waals surface area contributed by atoms with Crippen LogP contribution in [0.1, 0.15) is 31.2 Å². The zero-order valence-corrected chi connectivity index (χ0v) is 21.7. The Bertz CT molecular complexity index is 1140. The quantitative estimate of drug-likeness (QED) is 0.299. The molecule has 35 heavy (non-hydrogen) atoms. The average Bonchev–Trinajstić information content (AvgIpc) is 2.85. The molecular weight excluding hydrogens is 480 g/mol. The van der Waals surface area contributed by atoms with Crippen LogP contribution in [-0.2, 0) is 11.2 Å². The highest BCUT2D eigenvalue weighted by molar-refractivity contribution is 7.99. The van der Waals surface area contributed by atoms with Crippen molar-refractivity contribution in [2.24, 2.45) is 11.8 Å². The van der Waals surface area contributed by atoms with Gasteiger partial charge in [0, 0.05) is 46.8 Å². The first-order valence-electron chi connectivity index (χ1n) is 12.3. The Labute approximate surface area is 216 Å². The molecule has 7 heteroatoms. The predicted octanol–water partition coefficient (Wildman–Crippen LogP) is 6.42. The molecule has 0 spiro atoms. The highest BCUT2D eigenvalue weighted by Gasteiger charge is 2.30. The number of thioether (sulfide) groups is 1. The van der Waals surface area contributed by atoms with Gasteiger partial charge >= 0.3 is 5.97 Å². The Morgan fingerprint density at radius 1 is 1.23 bits per heavy atom. The second-order valence-electron chi connectivity index (χ2n) is 9.26. The molecule has 0 unspecified atom stereocenters. The van der Waals surface area contributed by atoms with E-state index in [4.69, 9.17) is 16.3 Å². The number of carboxylic acids is 1. The monoisotopic (exact) mass is 512 g/mol. The highest BCUT2D eigenvalue weighted by Crippen LogP contribution is 2.32. The fourth-order valence-electron chi connectivity index (χ4n) is 5.13. The van der Waals surface area contributed by atoms with Crippen LogP contribution in [-0.4, -0.2) is 53.5 Å². The van der Waals surface area contributed by atoms with E-state index in [0.717, 1.165) is 72.7 Å². The summed E-state index contributed by atoms with van der Waals surface area (Å²) in [6, 6.07) is 16.0. The van der Waals surface area contributed by atoms with Gasteiger partial charge in [0.05, 0.1) is 12.6 Å². The fraction of sp³-hybridized carbons (Fsp3) is 0.429. The number of pyridine rings is 1. The van der Waals surface area contributed by atoms with Crippen LogP contribution < -0.4 is 4.74 Å². The molecule has 1 N–H and O–H groups in total. The molecule has 1 aromatic heterocycles. The number of rotatable bonds is 11. The lowest BCUT2D eigenvalue weighted by Crippen LogP contribution is -2.42. The van der Waals surface area contributed by atoms with Gasteiger partial charge in [0.15, 0.2) is 0 Å². The number of ether oxygens (including phenoxy) is 1. The van der Waals surface area contributed by atoms with Crippen LogP contribution in [0.3, 0.4) is 0 Å². The number of halogens is 1. The predicted molar refractivity (Wildman–Crippen MR) is 144 cm³/mol. The second-order valence-corrected chi connectivity index (χ2v) is 10.9. The second kappa shape index (κ2) is 12.6. The molecule has 1 aliphatic rings. The zero-order valence-electron chi connectivity index (χ0n) is 20.2. The van der Waals surface area contributed by atoms with Gasteiger partial charge in [-0.1, -0.05) is 17.7 Å². The van der Waals surface area contributed by atoms with Crippen molar-refractivity contribution in [3.63, 3.8) is 0 Å². The number of carboxylic acid groups (broad SMARTS) is 1. The number of hydrogen-bond donors (Lipinski definition) is 1. The largest absolute Gasteiger partial charge is 0.497 e. The Morgan fingerprint density at radius 3 is 2.91 bits per heavy atom. The van der Waals surface area contributed by atoms with Gasteiger partial charge in [0.25, 0.3) is 0 Å². The van der Waals surface area contributed by atoms with Gasteiger partial charge < -0.3 is 14.7 Å². The number of carbonyl (C=O) groups is 1. The minimum Gasteiger partial charge on any atom is -0.497 e. The van der Waals surface area contributed by atoms with E-state index in [1.165, 1.54) is 10.5 Å². The third kappa shape index (κ3) is 7.35. The summed E-state index contributed by atoms with van der Waals surface area (Å²) in [5.74, 6) is 1.78. The van der Waals surface area contributed by atoms with E-state index in [9.17, 15) is 9.90 Å². The van der Waals surface area contributed by atoms with Crippen molar-refractivity contribution in [2.45, 2.75) is 37.0 Å². The molecule has 0 aliphatic carbocycles. The van der Waals surface area contributed by atoms with E-state index in [1.807, 2.05) is 36.5 Å². The topological polar surface area (TPSA) is 62.7 Å². The standard InChI is InChI=1S/C28H33ClN2O3S/c1-34-24-8-9-27-26(18-24)21(10-12-30-27)5-2-4-20-11-13-31(19-22(20)16-28(32)33)14-15-35-25-7-3-6-23(29)17-25/h3,6-10,12,17-18,20,22H,2,4-5,11,13-16,19H2,1H3,(H,32,33)/t20-,22+/m1/s1. The number of aromatic nitrogens is 1. The Balaban J connectivity index is 1.30. The minimum absolute atomic E-state index is 0.201. The summed E-state index contributed by atoms with van der Waals surface area (Å²) in [4.78, 5) is 19.7. The molecule has 0 bridgehead atoms. The van der Waals surface area contributed by atoms with Gasteiger partial charge in [-0.3, -0.25) is 9.78 Å². The summed E-state index contributed by atoms with van der Waals surface area (Å²) in [6.07, 6.45) is 6.24. The van der Waals surface area contributed by atoms with Gasteiger partial charge in [0.2, 0.25) is 0 Å². The van der Waals surface area contributed by atoms with E-state index in [0.29, 0.717) is 5.92 Å². The van der Waals surface area contributed by atoms with Crippen LogP contribution in [0.5, 0.6) is 5.75 Å². The lowest BCUT2D eigenvalue weighted by atomic mass is 9.80. The molecule has 0 radical (unpaired) electrons. The molecule has 0 saturated carbocycles. The molecule has 3 aromatic rings. The van der Waals surface area contributed by atoms with E-state index >= 15 is 0 Å². The highest BCUT2D eigenvalue weighted by atomic mass is 35.5.